The first kappa shape index (κ1) is 14.5. The quantitative estimate of drug-likeness (QED) is 0.878. The number of aromatic nitrogens is 1. The molecule has 1 aromatic carbocycles. The number of aryl methyl sites for hydroxylation is 1. The minimum atomic E-state index is 0.134. The van der Waals surface area contributed by atoms with Crippen molar-refractivity contribution < 1.29 is 4.74 Å². The van der Waals surface area contributed by atoms with Crippen molar-refractivity contribution in [2.75, 3.05) is 6.61 Å². The van der Waals surface area contributed by atoms with Crippen LogP contribution in [0.25, 0.3) is 0 Å². The first-order chi connectivity index (χ1) is 9.66. The third kappa shape index (κ3) is 4.07. The van der Waals surface area contributed by atoms with Gasteiger partial charge in [-0.3, -0.25) is 4.98 Å². The van der Waals surface area contributed by atoms with Crippen molar-refractivity contribution in [3.63, 3.8) is 0 Å². The Morgan fingerprint density at radius 2 is 2.05 bits per heavy atom. The molecule has 0 amide bonds. The zero-order valence-corrected chi connectivity index (χ0v) is 12.2. The maximum atomic E-state index is 5.98. The average Bonchev–Trinajstić information content (AvgIpc) is 2.42. The van der Waals surface area contributed by atoms with Crippen LogP contribution in [0.4, 0.5) is 0 Å². The van der Waals surface area contributed by atoms with Crippen LogP contribution in [0.1, 0.15) is 23.7 Å². The molecule has 0 saturated heterocycles. The van der Waals surface area contributed by atoms with Gasteiger partial charge in [0.2, 0.25) is 0 Å². The Bertz CT molecular complexity index is 538. The van der Waals surface area contributed by atoms with Gasteiger partial charge in [-0.25, -0.2) is 0 Å². The molecule has 2 rings (SSSR count). The summed E-state index contributed by atoms with van der Waals surface area (Å²) in [5, 5.41) is 0. The largest absolute Gasteiger partial charge is 0.493 e. The van der Waals surface area contributed by atoms with Gasteiger partial charge in [-0.2, -0.15) is 0 Å². The third-order valence-electron chi connectivity index (χ3n) is 3.17. The van der Waals surface area contributed by atoms with E-state index in [9.17, 15) is 0 Å². The molecule has 106 valence electrons. The van der Waals surface area contributed by atoms with Gasteiger partial charge < -0.3 is 10.5 Å². The molecule has 1 unspecified atom stereocenters. The number of nitrogens with zero attached hydrogens (tertiary/aromatic N) is 1. The van der Waals surface area contributed by atoms with Crippen LogP contribution in [0.2, 0.25) is 0 Å². The number of benzene rings is 1. The Morgan fingerprint density at radius 1 is 1.20 bits per heavy atom. The van der Waals surface area contributed by atoms with Crippen LogP contribution in [-0.2, 0) is 12.8 Å². The highest BCUT2D eigenvalue weighted by Gasteiger charge is 2.09. The van der Waals surface area contributed by atoms with E-state index in [4.69, 9.17) is 10.5 Å². The summed E-state index contributed by atoms with van der Waals surface area (Å²) in [6.07, 6.45) is 3.46. The van der Waals surface area contributed by atoms with Crippen LogP contribution < -0.4 is 10.5 Å². The van der Waals surface area contributed by atoms with Crippen molar-refractivity contribution in [3.8, 4) is 5.75 Å². The number of hydrogen-bond donors (Lipinski definition) is 1. The molecule has 1 atom stereocenters. The Morgan fingerprint density at radius 3 is 2.75 bits per heavy atom. The lowest BCUT2D eigenvalue weighted by Gasteiger charge is -2.15. The lowest BCUT2D eigenvalue weighted by atomic mass is 10.0. The van der Waals surface area contributed by atoms with E-state index in [1.807, 2.05) is 31.3 Å². The molecule has 20 heavy (non-hydrogen) atoms. The van der Waals surface area contributed by atoms with Gasteiger partial charge in [-0.1, -0.05) is 24.3 Å². The topological polar surface area (TPSA) is 48.1 Å². The normalized spacial score (nSPS) is 12.2. The Balaban J connectivity index is 2.01. The zero-order valence-electron chi connectivity index (χ0n) is 12.2. The molecule has 1 aromatic heterocycles. The molecule has 2 aromatic rings. The van der Waals surface area contributed by atoms with Crippen molar-refractivity contribution in [1.82, 2.24) is 4.98 Å². The second-order valence-corrected chi connectivity index (χ2v) is 5.16. The summed E-state index contributed by atoms with van der Waals surface area (Å²) >= 11 is 0. The SMILES string of the molecule is Cc1cccc(CC(C)N)c1OCCc1ccccn1. The molecule has 0 aliphatic rings. The van der Waals surface area contributed by atoms with Gasteiger partial charge in [-0.05, 0) is 43.5 Å². The number of rotatable bonds is 6. The van der Waals surface area contributed by atoms with Gasteiger partial charge in [0.1, 0.15) is 5.75 Å². The summed E-state index contributed by atoms with van der Waals surface area (Å²) in [6, 6.07) is 12.3. The number of ether oxygens (including phenoxy) is 1. The molecule has 0 bridgehead atoms. The minimum Gasteiger partial charge on any atom is -0.493 e. The first-order valence-electron chi connectivity index (χ1n) is 7.03. The molecule has 3 nitrogen and oxygen atoms in total. The first-order valence-corrected chi connectivity index (χ1v) is 7.03. The Hall–Kier alpha value is -1.87. The number of hydrogen-bond acceptors (Lipinski definition) is 3. The second kappa shape index (κ2) is 7.06. The van der Waals surface area contributed by atoms with E-state index in [2.05, 4.69) is 30.1 Å². The molecular formula is C17H22N2O. The molecule has 0 saturated carbocycles. The maximum Gasteiger partial charge on any atom is 0.125 e. The summed E-state index contributed by atoms with van der Waals surface area (Å²) in [5.74, 6) is 0.973. The summed E-state index contributed by atoms with van der Waals surface area (Å²) in [6.45, 7) is 4.72. The van der Waals surface area contributed by atoms with Crippen molar-refractivity contribution in [2.24, 2.45) is 5.73 Å². The highest BCUT2D eigenvalue weighted by atomic mass is 16.5. The predicted octanol–water partition coefficient (Wildman–Crippen LogP) is 2.90. The minimum absolute atomic E-state index is 0.134. The second-order valence-electron chi connectivity index (χ2n) is 5.16. The highest BCUT2D eigenvalue weighted by Crippen LogP contribution is 2.24. The zero-order chi connectivity index (χ0) is 14.4. The smallest absolute Gasteiger partial charge is 0.125 e. The van der Waals surface area contributed by atoms with E-state index in [0.717, 1.165) is 29.8 Å². The summed E-state index contributed by atoms with van der Waals surface area (Å²) in [5.41, 5.74) is 9.29. The van der Waals surface area contributed by atoms with Gasteiger partial charge in [0.05, 0.1) is 6.61 Å². The monoisotopic (exact) mass is 270 g/mol. The molecule has 0 aliphatic heterocycles. The average molecular weight is 270 g/mol. The van der Waals surface area contributed by atoms with Crippen LogP contribution in [-0.4, -0.2) is 17.6 Å². The molecule has 0 fully saturated rings. The summed E-state index contributed by atoms with van der Waals surface area (Å²) in [4.78, 5) is 4.30. The van der Waals surface area contributed by atoms with Crippen LogP contribution >= 0.6 is 0 Å². The van der Waals surface area contributed by atoms with Gasteiger partial charge in [-0.15, -0.1) is 0 Å². The third-order valence-corrected chi connectivity index (χ3v) is 3.17. The van der Waals surface area contributed by atoms with E-state index >= 15 is 0 Å². The van der Waals surface area contributed by atoms with E-state index < -0.39 is 0 Å². The van der Waals surface area contributed by atoms with E-state index in [1.54, 1.807) is 0 Å². The van der Waals surface area contributed by atoms with Gasteiger partial charge in [0.25, 0.3) is 0 Å². The van der Waals surface area contributed by atoms with E-state index in [0.29, 0.717) is 6.61 Å². The fourth-order valence-electron chi connectivity index (χ4n) is 2.23. The van der Waals surface area contributed by atoms with Crippen LogP contribution in [0.15, 0.2) is 42.6 Å². The van der Waals surface area contributed by atoms with Crippen molar-refractivity contribution in [3.05, 3.63) is 59.4 Å². The number of pyridine rings is 1. The maximum absolute atomic E-state index is 5.98. The van der Waals surface area contributed by atoms with Crippen molar-refractivity contribution >= 4 is 0 Å². The van der Waals surface area contributed by atoms with E-state index in [1.165, 1.54) is 5.56 Å². The van der Waals surface area contributed by atoms with Crippen molar-refractivity contribution in [2.45, 2.75) is 32.7 Å². The summed E-state index contributed by atoms with van der Waals surface area (Å²) < 4.78 is 5.98. The van der Waals surface area contributed by atoms with Gasteiger partial charge in [0.15, 0.2) is 0 Å². The molecular weight excluding hydrogens is 248 g/mol. The molecule has 2 N–H and O–H groups in total. The van der Waals surface area contributed by atoms with Gasteiger partial charge in [0, 0.05) is 24.4 Å². The molecule has 1 heterocycles. The Labute approximate surface area is 120 Å². The van der Waals surface area contributed by atoms with Gasteiger partial charge >= 0.3 is 0 Å². The van der Waals surface area contributed by atoms with Crippen molar-refractivity contribution in [1.29, 1.82) is 0 Å². The van der Waals surface area contributed by atoms with Crippen LogP contribution in [0, 0.1) is 6.92 Å². The summed E-state index contributed by atoms with van der Waals surface area (Å²) in [7, 11) is 0. The lowest BCUT2D eigenvalue weighted by Crippen LogP contribution is -2.18. The predicted molar refractivity (Wildman–Crippen MR) is 82.0 cm³/mol. The Kier molecular flexibility index (Phi) is 5.13. The van der Waals surface area contributed by atoms with Crippen LogP contribution in [0.3, 0.4) is 0 Å². The number of nitrogens with two attached hydrogens (primary N) is 1. The lowest BCUT2D eigenvalue weighted by molar-refractivity contribution is 0.314. The highest BCUT2D eigenvalue weighted by molar-refractivity contribution is 5.41. The fraction of sp³-hybridized carbons (Fsp3) is 0.353. The standard InChI is InChI=1S/C17H22N2O/c1-13-6-5-7-15(12-14(2)18)17(13)20-11-9-16-8-3-4-10-19-16/h3-8,10,14H,9,11-12,18H2,1-2H3. The molecule has 0 radical (unpaired) electrons. The molecule has 3 heteroatoms. The molecule has 0 spiro atoms. The van der Waals surface area contributed by atoms with E-state index in [-0.39, 0.29) is 6.04 Å². The molecule has 0 aliphatic carbocycles. The van der Waals surface area contributed by atoms with Crippen LogP contribution in [0.5, 0.6) is 5.75 Å². The number of para-hydroxylation sites is 1. The fourth-order valence-corrected chi connectivity index (χ4v) is 2.23.